The van der Waals surface area contributed by atoms with Crippen LogP contribution in [0.3, 0.4) is 0 Å². The number of piperidine rings is 1. The smallest absolute Gasteiger partial charge is 0.406 e. The highest BCUT2D eigenvalue weighted by atomic mass is 19.4. The summed E-state index contributed by atoms with van der Waals surface area (Å²) in [6.07, 6.45) is 4.09. The number of aromatic nitrogens is 4. The quantitative estimate of drug-likeness (QED) is 0.569. The lowest BCUT2D eigenvalue weighted by molar-refractivity contribution is -0.274. The Morgan fingerprint density at radius 2 is 1.75 bits per heavy atom. The van der Waals surface area contributed by atoms with Crippen molar-refractivity contribution < 1.29 is 22.7 Å². The number of hydrogen-bond donors (Lipinski definition) is 1. The van der Waals surface area contributed by atoms with E-state index in [4.69, 9.17) is 4.98 Å². The van der Waals surface area contributed by atoms with Gasteiger partial charge in [-0.05, 0) is 62.4 Å². The molecule has 1 amide bonds. The maximum atomic E-state index is 13.8. The van der Waals surface area contributed by atoms with Crippen molar-refractivity contribution in [3.63, 3.8) is 0 Å². The van der Waals surface area contributed by atoms with Gasteiger partial charge in [-0.25, -0.2) is 15.0 Å². The Kier molecular flexibility index (Phi) is 6.65. The number of amides is 1. The van der Waals surface area contributed by atoms with Crippen LogP contribution >= 0.6 is 0 Å². The number of carbonyl (C=O) groups excluding carboxylic acids is 1. The Balaban J connectivity index is 1.44. The Bertz CT molecular complexity index is 1200. The number of carbonyl (C=O) groups is 1. The summed E-state index contributed by atoms with van der Waals surface area (Å²) in [6, 6.07) is 5.97. The molecule has 1 aromatic carbocycles. The van der Waals surface area contributed by atoms with Gasteiger partial charge >= 0.3 is 6.36 Å². The number of nitrogens with one attached hydrogen (secondary N) is 1. The first-order valence-electron chi connectivity index (χ1n) is 12.0. The SMILES string of the molecule is Cn1c(-c2ccc(OC(F)(F)F)cc2)nc(-c2cncnc2)c1C(=O)N1CCC(C2CCCN2)CC1. The van der Waals surface area contributed by atoms with Gasteiger partial charge < -0.3 is 19.5 Å². The normalized spacial score (nSPS) is 19.0. The summed E-state index contributed by atoms with van der Waals surface area (Å²) in [5, 5.41) is 3.58. The van der Waals surface area contributed by atoms with Crippen molar-refractivity contribution in [3.8, 4) is 28.4 Å². The van der Waals surface area contributed by atoms with Crippen molar-refractivity contribution in [2.75, 3.05) is 19.6 Å². The van der Waals surface area contributed by atoms with Gasteiger partial charge in [0.2, 0.25) is 0 Å². The molecule has 1 atom stereocenters. The zero-order chi connectivity index (χ0) is 25.3. The minimum Gasteiger partial charge on any atom is -0.406 e. The van der Waals surface area contributed by atoms with Crippen LogP contribution in [0.4, 0.5) is 13.2 Å². The lowest BCUT2D eigenvalue weighted by atomic mass is 9.88. The van der Waals surface area contributed by atoms with Crippen molar-refractivity contribution in [1.29, 1.82) is 0 Å². The van der Waals surface area contributed by atoms with Crippen LogP contribution in [-0.2, 0) is 7.05 Å². The van der Waals surface area contributed by atoms with Crippen molar-refractivity contribution in [2.45, 2.75) is 38.1 Å². The zero-order valence-electron chi connectivity index (χ0n) is 19.8. The molecule has 36 heavy (non-hydrogen) atoms. The van der Waals surface area contributed by atoms with Crippen molar-refractivity contribution in [1.82, 2.24) is 29.7 Å². The molecular weight excluding hydrogens is 473 g/mol. The molecule has 8 nitrogen and oxygen atoms in total. The number of benzene rings is 1. The predicted octanol–water partition coefficient (Wildman–Crippen LogP) is 4.05. The number of nitrogens with zero attached hydrogens (tertiary/aromatic N) is 5. The first kappa shape index (κ1) is 24.2. The fraction of sp³-hybridized carbons (Fsp3) is 0.440. The summed E-state index contributed by atoms with van der Waals surface area (Å²) >= 11 is 0. The van der Waals surface area contributed by atoms with Crippen LogP contribution in [0.25, 0.3) is 22.6 Å². The molecule has 2 aliphatic heterocycles. The third kappa shape index (κ3) is 5.06. The number of imidazole rings is 1. The molecule has 11 heteroatoms. The first-order chi connectivity index (χ1) is 17.3. The molecule has 3 aromatic rings. The van der Waals surface area contributed by atoms with Crippen LogP contribution in [0, 0.1) is 5.92 Å². The molecule has 0 spiro atoms. The Morgan fingerprint density at radius 1 is 1.06 bits per heavy atom. The predicted molar refractivity (Wildman–Crippen MR) is 126 cm³/mol. The van der Waals surface area contributed by atoms with Gasteiger partial charge in [0, 0.05) is 49.7 Å². The molecule has 1 unspecified atom stereocenters. The van der Waals surface area contributed by atoms with E-state index in [-0.39, 0.29) is 11.7 Å². The van der Waals surface area contributed by atoms with Gasteiger partial charge in [0.1, 0.15) is 29.3 Å². The highest BCUT2D eigenvalue weighted by Gasteiger charge is 2.34. The summed E-state index contributed by atoms with van der Waals surface area (Å²) in [7, 11) is 1.73. The molecule has 0 radical (unpaired) electrons. The second-order valence-corrected chi connectivity index (χ2v) is 9.22. The second kappa shape index (κ2) is 9.88. The van der Waals surface area contributed by atoms with E-state index in [0.717, 1.165) is 19.4 Å². The summed E-state index contributed by atoms with van der Waals surface area (Å²) in [5.41, 5.74) is 1.97. The number of rotatable bonds is 5. The fourth-order valence-electron chi connectivity index (χ4n) is 5.20. The van der Waals surface area contributed by atoms with Gasteiger partial charge in [0.15, 0.2) is 0 Å². The maximum absolute atomic E-state index is 13.8. The van der Waals surface area contributed by atoms with Crippen LogP contribution in [0.2, 0.25) is 0 Å². The minimum absolute atomic E-state index is 0.134. The standard InChI is InChI=1S/C25H27F3N6O2/c1-33-22(24(35)34-11-8-16(9-12-34)20-3-2-10-31-20)21(18-13-29-15-30-14-18)32-23(33)17-4-6-19(7-5-17)36-25(26,27)28/h4-7,13-16,20,31H,2-3,8-12H2,1H3. The van der Waals surface area contributed by atoms with E-state index in [1.54, 1.807) is 24.0 Å². The molecule has 5 rings (SSSR count). The van der Waals surface area contributed by atoms with Crippen molar-refractivity contribution in [2.24, 2.45) is 13.0 Å². The van der Waals surface area contributed by atoms with Gasteiger partial charge in [-0.2, -0.15) is 0 Å². The maximum Gasteiger partial charge on any atom is 0.573 e. The number of alkyl halides is 3. The van der Waals surface area contributed by atoms with Crippen LogP contribution < -0.4 is 10.1 Å². The third-order valence-corrected chi connectivity index (χ3v) is 6.97. The number of hydrogen-bond acceptors (Lipinski definition) is 6. The second-order valence-electron chi connectivity index (χ2n) is 9.22. The molecule has 1 N–H and O–H groups in total. The van der Waals surface area contributed by atoms with Gasteiger partial charge in [0.25, 0.3) is 5.91 Å². The Hall–Kier alpha value is -3.47. The highest BCUT2D eigenvalue weighted by Crippen LogP contribution is 2.32. The van der Waals surface area contributed by atoms with Crippen molar-refractivity contribution >= 4 is 5.91 Å². The first-order valence-corrected chi connectivity index (χ1v) is 12.0. The average Bonchev–Trinajstić information content (AvgIpc) is 3.52. The zero-order valence-corrected chi connectivity index (χ0v) is 19.8. The highest BCUT2D eigenvalue weighted by molar-refractivity contribution is 5.99. The molecule has 0 saturated carbocycles. The summed E-state index contributed by atoms with van der Waals surface area (Å²) in [5.74, 6) is 0.553. The van der Waals surface area contributed by atoms with E-state index < -0.39 is 6.36 Å². The van der Waals surface area contributed by atoms with E-state index in [9.17, 15) is 18.0 Å². The van der Waals surface area contributed by atoms with E-state index in [2.05, 4.69) is 20.0 Å². The Morgan fingerprint density at radius 3 is 2.36 bits per heavy atom. The molecule has 2 aromatic heterocycles. The van der Waals surface area contributed by atoms with Crippen molar-refractivity contribution in [3.05, 3.63) is 48.7 Å². The molecule has 4 heterocycles. The average molecular weight is 501 g/mol. The molecule has 2 fully saturated rings. The molecule has 0 aliphatic carbocycles. The number of ether oxygens (including phenoxy) is 1. The molecule has 0 bridgehead atoms. The third-order valence-electron chi connectivity index (χ3n) is 6.97. The fourth-order valence-corrected chi connectivity index (χ4v) is 5.20. The van der Waals surface area contributed by atoms with E-state index in [0.29, 0.717) is 53.4 Å². The molecule has 2 aliphatic rings. The van der Waals surface area contributed by atoms with Crippen LogP contribution in [0.15, 0.2) is 43.0 Å². The molecular formula is C25H27F3N6O2. The van der Waals surface area contributed by atoms with Crippen LogP contribution in [0.1, 0.15) is 36.2 Å². The van der Waals surface area contributed by atoms with Gasteiger partial charge in [-0.3, -0.25) is 4.79 Å². The Labute approximate surface area is 206 Å². The molecule has 190 valence electrons. The van der Waals surface area contributed by atoms with E-state index >= 15 is 0 Å². The number of likely N-dealkylation sites (tertiary alicyclic amines) is 1. The summed E-state index contributed by atoms with van der Waals surface area (Å²) < 4.78 is 43.3. The van der Waals surface area contributed by atoms with E-state index in [1.165, 1.54) is 43.4 Å². The van der Waals surface area contributed by atoms with Gasteiger partial charge in [0.05, 0.1) is 0 Å². The van der Waals surface area contributed by atoms with Crippen LogP contribution in [-0.4, -0.2) is 62.4 Å². The monoisotopic (exact) mass is 500 g/mol. The van der Waals surface area contributed by atoms with Crippen LogP contribution in [0.5, 0.6) is 5.75 Å². The largest absolute Gasteiger partial charge is 0.573 e. The lowest BCUT2D eigenvalue weighted by Gasteiger charge is -2.35. The van der Waals surface area contributed by atoms with Gasteiger partial charge in [-0.15, -0.1) is 13.2 Å². The van der Waals surface area contributed by atoms with Gasteiger partial charge in [-0.1, -0.05) is 0 Å². The minimum atomic E-state index is -4.77. The topological polar surface area (TPSA) is 85.2 Å². The molecule has 2 saturated heterocycles. The lowest BCUT2D eigenvalue weighted by Crippen LogP contribution is -2.43. The van der Waals surface area contributed by atoms with E-state index in [1.807, 2.05) is 4.90 Å². The summed E-state index contributed by atoms with van der Waals surface area (Å²) in [4.78, 5) is 28.5. The summed E-state index contributed by atoms with van der Waals surface area (Å²) in [6.45, 7) is 2.39. The number of halogens is 3.